The van der Waals surface area contributed by atoms with Crippen molar-refractivity contribution in [2.75, 3.05) is 19.8 Å². The molecule has 0 fully saturated rings. The lowest BCUT2D eigenvalue weighted by atomic mass is 10.4. The van der Waals surface area contributed by atoms with Crippen LogP contribution >= 0.6 is 8.60 Å². The zero-order valence-corrected chi connectivity index (χ0v) is 11.8. The molecule has 0 saturated heterocycles. The van der Waals surface area contributed by atoms with Gasteiger partial charge in [0.1, 0.15) is 0 Å². The van der Waals surface area contributed by atoms with Crippen molar-refractivity contribution in [3.05, 3.63) is 0 Å². The summed E-state index contributed by atoms with van der Waals surface area (Å²) in [6.45, 7) is -3.12. The average molecular weight is 346 g/mol. The highest BCUT2D eigenvalue weighted by atomic mass is 31.2. The van der Waals surface area contributed by atoms with Gasteiger partial charge >= 0.3 is 26.5 Å². The van der Waals surface area contributed by atoms with Gasteiger partial charge in [-0.25, -0.2) is 14.4 Å². The van der Waals surface area contributed by atoms with Crippen molar-refractivity contribution in [2.45, 2.75) is 18.3 Å². The molecule has 0 saturated carbocycles. The number of rotatable bonds is 9. The van der Waals surface area contributed by atoms with Gasteiger partial charge in [0.2, 0.25) is 0 Å². The van der Waals surface area contributed by atoms with Crippen LogP contribution in [0.1, 0.15) is 0 Å². The summed E-state index contributed by atoms with van der Waals surface area (Å²) in [5, 5.41) is 52.5. The first kappa shape index (κ1) is 20.6. The molecule has 22 heavy (non-hydrogen) atoms. The normalized spacial score (nSPS) is 16.1. The highest BCUT2D eigenvalue weighted by Crippen LogP contribution is 2.41. The van der Waals surface area contributed by atoms with E-state index in [2.05, 4.69) is 13.6 Å². The van der Waals surface area contributed by atoms with Crippen LogP contribution in [0, 0.1) is 0 Å². The third kappa shape index (κ3) is 7.04. The van der Waals surface area contributed by atoms with Crippen LogP contribution in [0.4, 0.5) is 0 Å². The minimum absolute atomic E-state index is 1.04. The largest absolute Gasteiger partial charge is 0.537 e. The molecule has 0 rings (SSSR count). The van der Waals surface area contributed by atoms with Crippen molar-refractivity contribution in [1.29, 1.82) is 0 Å². The van der Waals surface area contributed by atoms with Gasteiger partial charge in [0.25, 0.3) is 0 Å². The van der Waals surface area contributed by atoms with Crippen LogP contribution in [0.25, 0.3) is 0 Å². The molecule has 0 aromatic rings. The second-order valence-electron chi connectivity index (χ2n) is 3.55. The highest BCUT2D eigenvalue weighted by Gasteiger charge is 2.34. The third-order valence-electron chi connectivity index (χ3n) is 1.83. The minimum Gasteiger partial charge on any atom is -0.393 e. The van der Waals surface area contributed by atoms with Crippen LogP contribution in [0.5, 0.6) is 0 Å². The Balaban J connectivity index is 4.86. The number of carbonyl (C=O) groups excluding carboxylic acids is 3. The summed E-state index contributed by atoms with van der Waals surface area (Å²) in [5.41, 5.74) is 0. The quantitative estimate of drug-likeness (QED) is 0.221. The number of hydrogen-bond acceptors (Lipinski definition) is 12. The van der Waals surface area contributed by atoms with Crippen molar-refractivity contribution in [2.24, 2.45) is 0 Å². The number of carbonyl (C=O) groups is 3. The lowest BCUT2D eigenvalue weighted by Gasteiger charge is -2.18. The van der Waals surface area contributed by atoms with Gasteiger partial charge in [-0.15, -0.1) is 0 Å². The zero-order chi connectivity index (χ0) is 17.3. The maximum atomic E-state index is 11.2. The van der Waals surface area contributed by atoms with Crippen molar-refractivity contribution >= 4 is 26.5 Å². The Hall–Kier alpha value is -1.40. The van der Waals surface area contributed by atoms with Crippen LogP contribution in [-0.4, -0.2) is 86.7 Å². The van der Waals surface area contributed by atoms with Gasteiger partial charge in [0.05, 0.1) is 19.8 Å². The van der Waals surface area contributed by atoms with E-state index in [1.54, 1.807) is 0 Å². The first-order valence-electron chi connectivity index (χ1n) is 5.59. The molecule has 12 nitrogen and oxygen atoms in total. The minimum atomic E-state index is -3.16. The summed E-state index contributed by atoms with van der Waals surface area (Å²) in [4.78, 5) is 33.6. The Morgan fingerprint density at radius 3 is 1.09 bits per heavy atom. The van der Waals surface area contributed by atoms with Gasteiger partial charge in [-0.05, 0) is 0 Å². The molecule has 0 aliphatic rings. The summed E-state index contributed by atoms with van der Waals surface area (Å²) in [6, 6.07) is 0. The molecule has 0 aliphatic heterocycles. The molecule has 0 aromatic heterocycles. The van der Waals surface area contributed by atoms with Crippen molar-refractivity contribution in [3.63, 3.8) is 0 Å². The molecule has 128 valence electrons. The fourth-order valence-electron chi connectivity index (χ4n) is 0.682. The molecule has 0 aliphatic carbocycles. The van der Waals surface area contributed by atoms with E-state index in [1.807, 2.05) is 0 Å². The molecule has 0 amide bonds. The van der Waals surface area contributed by atoms with Crippen LogP contribution < -0.4 is 0 Å². The summed E-state index contributed by atoms with van der Waals surface area (Å²) in [6.07, 6.45) is -6.06. The Bertz CT molecular complexity index is 330. The van der Waals surface area contributed by atoms with Gasteiger partial charge in [-0.3, -0.25) is 0 Å². The topological polar surface area (TPSA) is 200 Å². The van der Waals surface area contributed by atoms with E-state index in [9.17, 15) is 14.4 Å². The van der Waals surface area contributed by atoms with Gasteiger partial charge in [0.15, 0.2) is 18.3 Å². The number of hydrogen-bond donors (Lipinski definition) is 6. The molecule has 0 aromatic carbocycles. The number of aliphatic hydroxyl groups is 6. The summed E-state index contributed by atoms with van der Waals surface area (Å²) < 4.78 is 12.8. The predicted octanol–water partition coefficient (Wildman–Crippen LogP) is -4.10. The average Bonchev–Trinajstić information content (AvgIpc) is 2.51. The maximum absolute atomic E-state index is 11.2. The second kappa shape index (κ2) is 10.3. The molecule has 13 heteroatoms. The van der Waals surface area contributed by atoms with Crippen LogP contribution in [-0.2, 0) is 28.0 Å². The van der Waals surface area contributed by atoms with E-state index in [-0.39, 0.29) is 0 Å². The fraction of sp³-hybridized carbons (Fsp3) is 0.667. The molecule has 0 heterocycles. The van der Waals surface area contributed by atoms with E-state index in [0.717, 1.165) is 0 Å². The molecule has 0 radical (unpaired) electrons. The monoisotopic (exact) mass is 346 g/mol. The van der Waals surface area contributed by atoms with E-state index in [0.29, 0.717) is 0 Å². The van der Waals surface area contributed by atoms with Crippen LogP contribution in [0.2, 0.25) is 0 Å². The van der Waals surface area contributed by atoms with Gasteiger partial charge in [-0.2, -0.15) is 0 Å². The molecule has 6 N–H and O–H groups in total. The van der Waals surface area contributed by atoms with Gasteiger partial charge < -0.3 is 44.2 Å². The van der Waals surface area contributed by atoms with Crippen molar-refractivity contribution < 1.29 is 58.6 Å². The highest BCUT2D eigenvalue weighted by molar-refractivity contribution is 7.43. The Kier molecular flexibility index (Phi) is 9.69. The SMILES string of the molecule is O=C(OP(OC(=O)C(O)CO)OC(=O)C(O)CO)C(O)CO. The fourth-order valence-corrected chi connectivity index (χ4v) is 1.60. The molecule has 3 atom stereocenters. The van der Waals surface area contributed by atoms with Gasteiger partial charge in [0, 0.05) is 0 Å². The summed E-state index contributed by atoms with van der Waals surface area (Å²) in [7, 11) is -3.16. The summed E-state index contributed by atoms with van der Waals surface area (Å²) in [5.74, 6) is -4.57. The van der Waals surface area contributed by atoms with Gasteiger partial charge in [-0.1, -0.05) is 0 Å². The molecule has 3 unspecified atom stereocenters. The molecule has 0 bridgehead atoms. The van der Waals surface area contributed by atoms with E-state index < -0.39 is 64.6 Å². The number of aliphatic hydroxyl groups excluding tert-OH is 6. The first-order valence-corrected chi connectivity index (χ1v) is 6.68. The van der Waals surface area contributed by atoms with E-state index in [1.165, 1.54) is 0 Å². The van der Waals surface area contributed by atoms with Crippen molar-refractivity contribution in [1.82, 2.24) is 0 Å². The van der Waals surface area contributed by atoms with E-state index >= 15 is 0 Å². The van der Waals surface area contributed by atoms with E-state index in [4.69, 9.17) is 30.6 Å². The maximum Gasteiger partial charge on any atom is 0.537 e. The predicted molar refractivity (Wildman–Crippen MR) is 64.5 cm³/mol. The smallest absolute Gasteiger partial charge is 0.393 e. The Labute approximate surface area is 124 Å². The summed E-state index contributed by atoms with van der Waals surface area (Å²) >= 11 is 0. The molecular formula is C9H15O12P. The molecule has 0 spiro atoms. The standard InChI is InChI=1S/C9H15O12P/c10-1-4(13)7(16)19-22(20-8(17)5(14)2-11)21-9(18)6(15)3-12/h4-6,10-15H,1-3H2. The first-order chi connectivity index (χ1) is 10.3. The Morgan fingerprint density at radius 2 is 0.909 bits per heavy atom. The van der Waals surface area contributed by atoms with Crippen LogP contribution in [0.15, 0.2) is 0 Å². The lowest BCUT2D eigenvalue weighted by Crippen LogP contribution is -2.30. The third-order valence-corrected chi connectivity index (χ3v) is 2.82. The van der Waals surface area contributed by atoms with Crippen molar-refractivity contribution in [3.8, 4) is 0 Å². The second-order valence-corrected chi connectivity index (χ2v) is 4.54. The molecular weight excluding hydrogens is 331 g/mol. The van der Waals surface area contributed by atoms with Crippen LogP contribution in [0.3, 0.4) is 0 Å². The lowest BCUT2D eigenvalue weighted by molar-refractivity contribution is -0.154. The zero-order valence-electron chi connectivity index (χ0n) is 10.9. The Morgan fingerprint density at radius 1 is 0.682 bits per heavy atom.